The highest BCUT2D eigenvalue weighted by Crippen LogP contribution is 2.35. The second-order valence-electron chi connectivity index (χ2n) is 7.41. The average Bonchev–Trinajstić information content (AvgIpc) is 3.10. The number of piperazine rings is 1. The lowest BCUT2D eigenvalue weighted by molar-refractivity contribution is 0.0787. The van der Waals surface area contributed by atoms with Crippen LogP contribution in [0, 0.1) is 0 Å². The van der Waals surface area contributed by atoms with Crippen molar-refractivity contribution in [3.63, 3.8) is 0 Å². The van der Waals surface area contributed by atoms with Crippen LogP contribution in [0.15, 0.2) is 42.9 Å². The Kier molecular flexibility index (Phi) is 5.53. The number of ether oxygens (including phenoxy) is 1. The minimum absolute atomic E-state index is 0.0481. The zero-order valence-electron chi connectivity index (χ0n) is 16.1. The quantitative estimate of drug-likeness (QED) is 0.833. The van der Waals surface area contributed by atoms with Crippen LogP contribution in [0.4, 0.5) is 5.82 Å². The van der Waals surface area contributed by atoms with Crippen LogP contribution in [0.2, 0.25) is 5.02 Å². The van der Waals surface area contributed by atoms with Crippen LogP contribution < -0.4 is 10.6 Å². The molecule has 2 N–H and O–H groups in total. The Labute approximate surface area is 171 Å². The molecule has 1 unspecified atom stereocenters. The third-order valence-corrected chi connectivity index (χ3v) is 5.86. The molecule has 0 spiro atoms. The smallest absolute Gasteiger partial charge is 0.138 e. The topological polar surface area (TPSA) is 67.5 Å². The van der Waals surface area contributed by atoms with Gasteiger partial charge in [0.15, 0.2) is 0 Å². The first-order valence-corrected chi connectivity index (χ1v) is 10.0. The molecule has 148 valence electrons. The highest BCUT2D eigenvalue weighted by molar-refractivity contribution is 6.30. The van der Waals surface area contributed by atoms with Gasteiger partial charge in [-0.25, -0.2) is 9.97 Å². The number of benzene rings is 1. The Morgan fingerprint density at radius 1 is 1.25 bits per heavy atom. The number of aromatic nitrogens is 2. The minimum atomic E-state index is -0.107. The van der Waals surface area contributed by atoms with Crippen LogP contribution >= 0.6 is 11.6 Å². The predicted octanol–water partition coefficient (Wildman–Crippen LogP) is 2.93. The Bertz CT molecular complexity index is 848. The van der Waals surface area contributed by atoms with Crippen LogP contribution in [-0.2, 0) is 17.8 Å². The molecule has 0 radical (unpaired) electrons. The van der Waals surface area contributed by atoms with E-state index in [-0.39, 0.29) is 12.1 Å². The Hall–Kier alpha value is -2.15. The lowest BCUT2D eigenvalue weighted by atomic mass is 10.0. The summed E-state index contributed by atoms with van der Waals surface area (Å²) in [6.45, 7) is 10.4. The van der Waals surface area contributed by atoms with Gasteiger partial charge < -0.3 is 20.3 Å². The maximum Gasteiger partial charge on any atom is 0.138 e. The molecule has 6 nitrogen and oxygen atoms in total. The number of halogens is 1. The summed E-state index contributed by atoms with van der Waals surface area (Å²) in [7, 11) is 0. The molecular formula is C21H26ClN5O. The largest absolute Gasteiger partial charge is 0.370 e. The summed E-state index contributed by atoms with van der Waals surface area (Å²) in [6.07, 6.45) is 2.44. The molecule has 3 heterocycles. The van der Waals surface area contributed by atoms with E-state index in [0.717, 1.165) is 60.4 Å². The van der Waals surface area contributed by atoms with Crippen LogP contribution in [-0.4, -0.2) is 47.1 Å². The number of hydrogen-bond donors (Lipinski definition) is 1. The number of fused-ring (bicyclic) bond motifs is 1. The first-order valence-electron chi connectivity index (χ1n) is 9.67. The van der Waals surface area contributed by atoms with E-state index < -0.39 is 0 Å². The van der Waals surface area contributed by atoms with Crippen LogP contribution in [0.25, 0.3) is 0 Å². The summed E-state index contributed by atoms with van der Waals surface area (Å²) < 4.78 is 5.73. The van der Waals surface area contributed by atoms with Crippen molar-refractivity contribution in [2.75, 3.05) is 31.1 Å². The normalized spacial score (nSPS) is 20.2. The third kappa shape index (κ3) is 3.85. The van der Waals surface area contributed by atoms with Crippen molar-refractivity contribution in [1.29, 1.82) is 0 Å². The highest BCUT2D eigenvalue weighted by Gasteiger charge is 2.29. The molecule has 0 saturated carbocycles. The summed E-state index contributed by atoms with van der Waals surface area (Å²) in [5.41, 5.74) is 10.7. The fourth-order valence-electron chi connectivity index (χ4n) is 3.92. The summed E-state index contributed by atoms with van der Waals surface area (Å²) in [6, 6.07) is 7.73. The summed E-state index contributed by atoms with van der Waals surface area (Å²) in [4.78, 5) is 13.5. The van der Waals surface area contributed by atoms with Gasteiger partial charge in [0.2, 0.25) is 0 Å². The molecule has 1 aromatic carbocycles. The van der Waals surface area contributed by atoms with Crippen molar-refractivity contribution in [2.24, 2.45) is 5.73 Å². The van der Waals surface area contributed by atoms with Gasteiger partial charge in [0.05, 0.1) is 18.4 Å². The molecule has 1 saturated heterocycles. The molecule has 0 amide bonds. The lowest BCUT2D eigenvalue weighted by Gasteiger charge is -2.39. The Balaban J connectivity index is 1.37. The molecule has 2 aliphatic rings. The number of anilines is 1. The van der Waals surface area contributed by atoms with Gasteiger partial charge in [0.25, 0.3) is 0 Å². The van der Waals surface area contributed by atoms with E-state index >= 15 is 0 Å². The number of nitrogens with zero attached hydrogens (tertiary/aromatic N) is 4. The maximum atomic E-state index is 6.43. The van der Waals surface area contributed by atoms with E-state index in [9.17, 15) is 0 Å². The first kappa shape index (κ1) is 19.2. The van der Waals surface area contributed by atoms with Crippen LogP contribution in [0.5, 0.6) is 0 Å². The number of rotatable bonds is 5. The van der Waals surface area contributed by atoms with Gasteiger partial charge in [-0.3, -0.25) is 0 Å². The van der Waals surface area contributed by atoms with Crippen molar-refractivity contribution >= 4 is 17.4 Å². The van der Waals surface area contributed by atoms with Gasteiger partial charge in [0.1, 0.15) is 12.1 Å². The molecular weight excluding hydrogens is 374 g/mol. The van der Waals surface area contributed by atoms with Crippen molar-refractivity contribution in [1.82, 2.24) is 14.9 Å². The van der Waals surface area contributed by atoms with E-state index in [4.69, 9.17) is 22.1 Å². The molecule has 0 aliphatic carbocycles. The molecule has 4 rings (SSSR count). The van der Waals surface area contributed by atoms with E-state index in [1.165, 1.54) is 5.56 Å². The molecule has 1 fully saturated rings. The van der Waals surface area contributed by atoms with E-state index in [0.29, 0.717) is 6.61 Å². The fourth-order valence-corrected chi connectivity index (χ4v) is 4.05. The molecule has 7 heteroatoms. The second kappa shape index (κ2) is 8.07. The molecule has 2 aliphatic heterocycles. The molecule has 0 bridgehead atoms. The maximum absolute atomic E-state index is 6.43. The van der Waals surface area contributed by atoms with E-state index in [2.05, 4.69) is 33.3 Å². The van der Waals surface area contributed by atoms with Crippen LogP contribution in [0.3, 0.4) is 0 Å². The van der Waals surface area contributed by atoms with E-state index in [1.807, 2.05) is 24.3 Å². The highest BCUT2D eigenvalue weighted by atomic mass is 35.5. The number of hydrogen-bond acceptors (Lipinski definition) is 6. The Morgan fingerprint density at radius 2 is 1.96 bits per heavy atom. The molecule has 1 aromatic heterocycles. The summed E-state index contributed by atoms with van der Waals surface area (Å²) in [5, 5.41) is 0.739. The molecule has 28 heavy (non-hydrogen) atoms. The van der Waals surface area contributed by atoms with E-state index in [1.54, 1.807) is 6.33 Å². The zero-order chi connectivity index (χ0) is 19.7. The molecule has 2 aromatic rings. The first-order chi connectivity index (χ1) is 13.5. The predicted molar refractivity (Wildman–Crippen MR) is 111 cm³/mol. The minimum Gasteiger partial charge on any atom is -0.370 e. The monoisotopic (exact) mass is 399 g/mol. The molecule has 2 atom stereocenters. The van der Waals surface area contributed by atoms with Gasteiger partial charge >= 0.3 is 0 Å². The lowest BCUT2D eigenvalue weighted by Crippen LogP contribution is -2.49. The third-order valence-electron chi connectivity index (χ3n) is 5.60. The average molecular weight is 400 g/mol. The van der Waals surface area contributed by atoms with Gasteiger partial charge in [0, 0.05) is 48.5 Å². The SMILES string of the molecule is C=C([C@H](N)Cc1ccc(Cl)cc1)N1CCN(c2ncnc3c2C(C)OC3)CC1. The second-order valence-corrected chi connectivity index (χ2v) is 7.85. The summed E-state index contributed by atoms with van der Waals surface area (Å²) in [5.74, 6) is 1.01. The van der Waals surface area contributed by atoms with Crippen LogP contribution in [0.1, 0.15) is 29.8 Å². The van der Waals surface area contributed by atoms with Crippen molar-refractivity contribution in [3.8, 4) is 0 Å². The van der Waals surface area contributed by atoms with Gasteiger partial charge in [-0.2, -0.15) is 0 Å². The van der Waals surface area contributed by atoms with Crippen molar-refractivity contribution < 1.29 is 4.74 Å². The standard InChI is InChI=1S/C21H26ClN5O/c1-14(18(23)11-16-3-5-17(22)6-4-16)26-7-9-27(10-8-26)21-20-15(2)28-12-19(20)24-13-25-21/h3-6,13,15,18H,1,7-12,23H2,2H3/t15?,18-/m1/s1. The van der Waals surface area contributed by atoms with Gasteiger partial charge in [-0.15, -0.1) is 0 Å². The Morgan fingerprint density at radius 3 is 2.68 bits per heavy atom. The van der Waals surface area contributed by atoms with Crippen molar-refractivity contribution in [2.45, 2.75) is 32.1 Å². The van der Waals surface area contributed by atoms with Gasteiger partial charge in [-0.1, -0.05) is 30.3 Å². The fraction of sp³-hybridized carbons (Fsp3) is 0.429. The van der Waals surface area contributed by atoms with Gasteiger partial charge in [-0.05, 0) is 31.0 Å². The summed E-state index contributed by atoms with van der Waals surface area (Å²) >= 11 is 5.96. The van der Waals surface area contributed by atoms with Crippen molar-refractivity contribution in [3.05, 3.63) is 64.7 Å². The zero-order valence-corrected chi connectivity index (χ0v) is 16.9. The number of nitrogens with two attached hydrogens (primary N) is 1.